The molecule has 3 rings (SSSR count). The van der Waals surface area contributed by atoms with Crippen LogP contribution in [-0.4, -0.2) is 0 Å². The van der Waals surface area contributed by atoms with Crippen molar-refractivity contribution in [2.45, 2.75) is 70.6 Å². The molecule has 2 fully saturated rings. The van der Waals surface area contributed by atoms with Gasteiger partial charge in [-0.1, -0.05) is 44.7 Å². The highest BCUT2D eigenvalue weighted by molar-refractivity contribution is 5.40. The highest BCUT2D eigenvalue weighted by Crippen LogP contribution is 2.41. The molecule has 2 aliphatic carbocycles. The average molecular weight is 285 g/mol. The Kier molecular flexibility index (Phi) is 4.87. The summed E-state index contributed by atoms with van der Waals surface area (Å²) < 4.78 is 0. The molecular weight excluding hydrogens is 254 g/mol. The Morgan fingerprint density at radius 2 is 1.33 bits per heavy atom. The average Bonchev–Trinajstić information content (AvgIpc) is 2.51. The molecule has 0 amide bonds. The van der Waals surface area contributed by atoms with Crippen molar-refractivity contribution < 1.29 is 0 Å². The lowest BCUT2D eigenvalue weighted by Crippen LogP contribution is -2.19. The molecule has 0 spiro atoms. The molecule has 0 unspecified atom stereocenters. The Hall–Kier alpha value is -0.980. The minimum atomic E-state index is 0.785. The molecule has 2 aliphatic rings. The topological polar surface area (TPSA) is 26.0 Å². The van der Waals surface area contributed by atoms with Crippen molar-refractivity contribution in [1.82, 2.24) is 0 Å². The van der Waals surface area contributed by atoms with Crippen molar-refractivity contribution in [3.05, 3.63) is 29.8 Å². The normalized spacial score (nSPS) is 33.8. The van der Waals surface area contributed by atoms with Crippen molar-refractivity contribution >= 4 is 5.69 Å². The third kappa shape index (κ3) is 4.02. The standard InChI is InChI=1S/C20H31N/c1-15-2-4-16(5-3-15)14-17-6-8-18(9-7-17)19-10-12-20(21)13-11-19/h10-13,15-18H,2-9,14,21H2,1H3. The lowest BCUT2D eigenvalue weighted by atomic mass is 9.72. The first-order valence-corrected chi connectivity index (χ1v) is 9.06. The highest BCUT2D eigenvalue weighted by Gasteiger charge is 2.26. The van der Waals surface area contributed by atoms with Crippen molar-refractivity contribution in [3.8, 4) is 0 Å². The maximum absolute atomic E-state index is 5.79. The summed E-state index contributed by atoms with van der Waals surface area (Å²) >= 11 is 0. The third-order valence-electron chi connectivity index (χ3n) is 6.06. The van der Waals surface area contributed by atoms with Crippen LogP contribution in [0.1, 0.15) is 76.2 Å². The molecule has 0 aliphatic heterocycles. The van der Waals surface area contributed by atoms with Crippen LogP contribution >= 0.6 is 0 Å². The Bertz CT molecular complexity index is 420. The predicted molar refractivity (Wildman–Crippen MR) is 91.3 cm³/mol. The van der Waals surface area contributed by atoms with Gasteiger partial charge in [0.1, 0.15) is 0 Å². The van der Waals surface area contributed by atoms with Crippen molar-refractivity contribution in [2.75, 3.05) is 5.73 Å². The molecule has 0 saturated heterocycles. The van der Waals surface area contributed by atoms with E-state index in [9.17, 15) is 0 Å². The molecule has 0 aromatic heterocycles. The van der Waals surface area contributed by atoms with E-state index in [2.05, 4.69) is 31.2 Å². The first-order chi connectivity index (χ1) is 10.2. The number of hydrogen-bond acceptors (Lipinski definition) is 1. The number of nitrogens with two attached hydrogens (primary N) is 1. The van der Waals surface area contributed by atoms with Gasteiger partial charge >= 0.3 is 0 Å². The van der Waals surface area contributed by atoms with Crippen molar-refractivity contribution in [3.63, 3.8) is 0 Å². The highest BCUT2D eigenvalue weighted by atomic mass is 14.5. The Morgan fingerprint density at radius 3 is 1.90 bits per heavy atom. The minimum Gasteiger partial charge on any atom is -0.399 e. The quantitative estimate of drug-likeness (QED) is 0.702. The second-order valence-electron chi connectivity index (χ2n) is 7.75. The number of anilines is 1. The van der Waals surface area contributed by atoms with Gasteiger partial charge in [0.25, 0.3) is 0 Å². The second-order valence-corrected chi connectivity index (χ2v) is 7.75. The van der Waals surface area contributed by atoms with E-state index in [1.165, 1.54) is 63.4 Å². The summed E-state index contributed by atoms with van der Waals surface area (Å²) in [6.45, 7) is 2.42. The summed E-state index contributed by atoms with van der Waals surface area (Å²) in [5.41, 5.74) is 8.19. The van der Waals surface area contributed by atoms with Crippen LogP contribution in [0.15, 0.2) is 24.3 Å². The Balaban J connectivity index is 1.45. The van der Waals surface area contributed by atoms with Gasteiger partial charge in [-0.05, 0) is 73.5 Å². The van der Waals surface area contributed by atoms with Gasteiger partial charge in [-0.15, -0.1) is 0 Å². The first kappa shape index (κ1) is 14.9. The molecule has 1 nitrogen and oxygen atoms in total. The number of benzene rings is 1. The molecular formula is C20H31N. The van der Waals surface area contributed by atoms with E-state index >= 15 is 0 Å². The summed E-state index contributed by atoms with van der Waals surface area (Å²) in [5, 5.41) is 0. The summed E-state index contributed by atoms with van der Waals surface area (Å²) in [7, 11) is 0. The van der Waals surface area contributed by atoms with Crippen LogP contribution in [0, 0.1) is 17.8 Å². The molecule has 0 bridgehead atoms. The number of hydrogen-bond donors (Lipinski definition) is 1. The number of nitrogen functional groups attached to an aromatic ring is 1. The van der Waals surface area contributed by atoms with Gasteiger partial charge in [0.2, 0.25) is 0 Å². The molecule has 21 heavy (non-hydrogen) atoms. The van der Waals surface area contributed by atoms with Crippen LogP contribution in [0.3, 0.4) is 0 Å². The zero-order valence-electron chi connectivity index (χ0n) is 13.6. The molecule has 1 aromatic carbocycles. The summed E-state index contributed by atoms with van der Waals surface area (Å²) in [6, 6.07) is 8.60. The zero-order valence-corrected chi connectivity index (χ0v) is 13.6. The van der Waals surface area contributed by atoms with Crippen LogP contribution in [0.25, 0.3) is 0 Å². The SMILES string of the molecule is CC1CCC(CC2CCC(c3ccc(N)cc3)CC2)CC1. The van der Waals surface area contributed by atoms with Gasteiger partial charge < -0.3 is 5.73 Å². The smallest absolute Gasteiger partial charge is 0.0314 e. The van der Waals surface area contributed by atoms with Gasteiger partial charge in [-0.25, -0.2) is 0 Å². The summed E-state index contributed by atoms with van der Waals surface area (Å²) in [5.74, 6) is 3.82. The molecule has 0 atom stereocenters. The van der Waals surface area contributed by atoms with Gasteiger partial charge in [0.05, 0.1) is 0 Å². The molecule has 2 N–H and O–H groups in total. The van der Waals surface area contributed by atoms with Crippen molar-refractivity contribution in [2.24, 2.45) is 17.8 Å². The van der Waals surface area contributed by atoms with Crippen LogP contribution < -0.4 is 5.73 Å². The van der Waals surface area contributed by atoms with E-state index in [0.717, 1.165) is 29.4 Å². The summed E-state index contributed by atoms with van der Waals surface area (Å²) in [6.07, 6.45) is 13.1. The fourth-order valence-corrected chi connectivity index (χ4v) is 4.54. The minimum absolute atomic E-state index is 0.785. The maximum Gasteiger partial charge on any atom is 0.0314 e. The van der Waals surface area contributed by atoms with E-state index in [0.29, 0.717) is 0 Å². The van der Waals surface area contributed by atoms with E-state index in [1.807, 2.05) is 0 Å². The zero-order chi connectivity index (χ0) is 14.7. The van der Waals surface area contributed by atoms with Gasteiger partial charge in [0.15, 0.2) is 0 Å². The lowest BCUT2D eigenvalue weighted by Gasteiger charge is -2.33. The third-order valence-corrected chi connectivity index (χ3v) is 6.06. The largest absolute Gasteiger partial charge is 0.399 e. The van der Waals surface area contributed by atoms with Crippen LogP contribution in [-0.2, 0) is 0 Å². The van der Waals surface area contributed by atoms with Gasteiger partial charge in [-0.3, -0.25) is 0 Å². The fraction of sp³-hybridized carbons (Fsp3) is 0.700. The molecule has 2 saturated carbocycles. The van der Waals surface area contributed by atoms with E-state index in [1.54, 1.807) is 0 Å². The monoisotopic (exact) mass is 285 g/mol. The maximum atomic E-state index is 5.79. The summed E-state index contributed by atoms with van der Waals surface area (Å²) in [4.78, 5) is 0. The molecule has 1 heteroatoms. The van der Waals surface area contributed by atoms with Gasteiger partial charge in [-0.2, -0.15) is 0 Å². The second kappa shape index (κ2) is 6.85. The van der Waals surface area contributed by atoms with Crippen LogP contribution in [0.5, 0.6) is 0 Å². The predicted octanol–water partition coefficient (Wildman–Crippen LogP) is 5.76. The van der Waals surface area contributed by atoms with Crippen LogP contribution in [0.2, 0.25) is 0 Å². The molecule has 116 valence electrons. The molecule has 0 heterocycles. The van der Waals surface area contributed by atoms with E-state index in [4.69, 9.17) is 5.73 Å². The molecule has 1 aromatic rings. The lowest BCUT2D eigenvalue weighted by molar-refractivity contribution is 0.211. The van der Waals surface area contributed by atoms with Gasteiger partial charge in [0, 0.05) is 5.69 Å². The Labute approximate surface area is 130 Å². The number of rotatable bonds is 3. The fourth-order valence-electron chi connectivity index (χ4n) is 4.54. The first-order valence-electron chi connectivity index (χ1n) is 9.06. The molecule has 0 radical (unpaired) electrons. The Morgan fingerprint density at radius 1 is 0.810 bits per heavy atom. The van der Waals surface area contributed by atoms with Crippen molar-refractivity contribution in [1.29, 1.82) is 0 Å². The van der Waals surface area contributed by atoms with E-state index in [-0.39, 0.29) is 0 Å². The van der Waals surface area contributed by atoms with E-state index < -0.39 is 0 Å². The van der Waals surface area contributed by atoms with Crippen LogP contribution in [0.4, 0.5) is 5.69 Å².